The first-order chi connectivity index (χ1) is 9.41. The highest BCUT2D eigenvalue weighted by atomic mass is 35.5. The Morgan fingerprint density at radius 3 is 2.71 bits per heavy atom. The molecule has 0 aromatic carbocycles. The van der Waals surface area contributed by atoms with Gasteiger partial charge in [0.1, 0.15) is 0 Å². The van der Waals surface area contributed by atoms with Crippen molar-refractivity contribution in [2.75, 3.05) is 32.6 Å². The van der Waals surface area contributed by atoms with Gasteiger partial charge in [0.25, 0.3) is 0 Å². The number of thioether (sulfide) groups is 1. The summed E-state index contributed by atoms with van der Waals surface area (Å²) in [6.07, 6.45) is 7.64. The number of carbonyl (C=O) groups is 1. The SMILES string of the molecule is CSCC[C@H](N)C(=O)NCC1(N(C)C)CCCC(C)C1.Cl. The Labute approximate surface area is 140 Å². The zero-order valence-corrected chi connectivity index (χ0v) is 15.5. The van der Waals surface area contributed by atoms with Gasteiger partial charge >= 0.3 is 0 Å². The van der Waals surface area contributed by atoms with Crippen LogP contribution in [-0.2, 0) is 4.79 Å². The van der Waals surface area contributed by atoms with Gasteiger partial charge in [-0.15, -0.1) is 12.4 Å². The molecular formula is C15H32ClN3OS. The number of nitrogens with one attached hydrogen (secondary N) is 1. The molecule has 0 aromatic rings. The Hall–Kier alpha value is 0.0300. The van der Waals surface area contributed by atoms with Crippen LogP contribution in [0.5, 0.6) is 0 Å². The third kappa shape index (κ3) is 6.35. The van der Waals surface area contributed by atoms with Crippen molar-refractivity contribution >= 4 is 30.1 Å². The third-order valence-electron chi connectivity index (χ3n) is 4.58. The van der Waals surface area contributed by atoms with E-state index in [1.54, 1.807) is 11.8 Å². The largest absolute Gasteiger partial charge is 0.353 e. The molecule has 6 heteroatoms. The minimum absolute atomic E-state index is 0. The summed E-state index contributed by atoms with van der Waals surface area (Å²) in [6.45, 7) is 3.03. The summed E-state index contributed by atoms with van der Waals surface area (Å²) >= 11 is 1.73. The first kappa shape index (κ1) is 21.0. The average molecular weight is 338 g/mol. The molecule has 3 atom stereocenters. The lowest BCUT2D eigenvalue weighted by atomic mass is 9.75. The minimum Gasteiger partial charge on any atom is -0.353 e. The molecule has 126 valence electrons. The molecule has 1 amide bonds. The maximum Gasteiger partial charge on any atom is 0.237 e. The Morgan fingerprint density at radius 2 is 2.19 bits per heavy atom. The third-order valence-corrected chi connectivity index (χ3v) is 5.22. The number of likely N-dealkylation sites (N-methyl/N-ethyl adjacent to an activating group) is 1. The highest BCUT2D eigenvalue weighted by Crippen LogP contribution is 2.35. The zero-order valence-electron chi connectivity index (χ0n) is 13.9. The van der Waals surface area contributed by atoms with Crippen molar-refractivity contribution in [3.63, 3.8) is 0 Å². The second-order valence-electron chi connectivity index (χ2n) is 6.43. The molecule has 0 saturated heterocycles. The van der Waals surface area contributed by atoms with Crippen molar-refractivity contribution in [2.24, 2.45) is 11.7 Å². The number of amides is 1. The molecule has 1 rings (SSSR count). The number of halogens is 1. The van der Waals surface area contributed by atoms with Crippen LogP contribution in [-0.4, -0.2) is 55.0 Å². The number of carbonyl (C=O) groups excluding carboxylic acids is 1. The van der Waals surface area contributed by atoms with Gasteiger partial charge in [-0.1, -0.05) is 19.8 Å². The van der Waals surface area contributed by atoms with E-state index in [0.717, 1.165) is 37.5 Å². The van der Waals surface area contributed by atoms with Crippen molar-refractivity contribution in [1.29, 1.82) is 0 Å². The number of hydrogen-bond acceptors (Lipinski definition) is 4. The molecule has 0 spiro atoms. The number of nitrogens with two attached hydrogens (primary N) is 1. The first-order valence-corrected chi connectivity index (χ1v) is 9.00. The summed E-state index contributed by atoms with van der Waals surface area (Å²) in [7, 11) is 4.25. The molecule has 1 aliphatic rings. The Bertz CT molecular complexity index is 317. The smallest absolute Gasteiger partial charge is 0.237 e. The normalized spacial score (nSPS) is 27.0. The van der Waals surface area contributed by atoms with Gasteiger partial charge in [-0.25, -0.2) is 0 Å². The van der Waals surface area contributed by atoms with E-state index in [4.69, 9.17) is 5.73 Å². The second kappa shape index (κ2) is 9.93. The van der Waals surface area contributed by atoms with Gasteiger partial charge < -0.3 is 16.0 Å². The van der Waals surface area contributed by atoms with Gasteiger partial charge in [0.15, 0.2) is 0 Å². The first-order valence-electron chi connectivity index (χ1n) is 7.61. The van der Waals surface area contributed by atoms with E-state index in [-0.39, 0.29) is 29.9 Å². The summed E-state index contributed by atoms with van der Waals surface area (Å²) in [4.78, 5) is 14.4. The summed E-state index contributed by atoms with van der Waals surface area (Å²) in [5.41, 5.74) is 6.03. The Kier molecular flexibility index (Phi) is 9.94. The van der Waals surface area contributed by atoms with Crippen LogP contribution in [0.4, 0.5) is 0 Å². The van der Waals surface area contributed by atoms with Crippen molar-refractivity contribution in [3.05, 3.63) is 0 Å². The van der Waals surface area contributed by atoms with E-state index in [0.29, 0.717) is 0 Å². The summed E-state index contributed by atoms with van der Waals surface area (Å²) in [5.74, 6) is 1.66. The van der Waals surface area contributed by atoms with E-state index in [1.165, 1.54) is 12.8 Å². The van der Waals surface area contributed by atoms with Crippen LogP contribution >= 0.6 is 24.2 Å². The molecule has 0 radical (unpaired) electrons. The molecule has 4 nitrogen and oxygen atoms in total. The molecule has 21 heavy (non-hydrogen) atoms. The van der Waals surface area contributed by atoms with Crippen molar-refractivity contribution in [3.8, 4) is 0 Å². The topological polar surface area (TPSA) is 58.4 Å². The lowest BCUT2D eigenvalue weighted by Gasteiger charge is -2.45. The highest BCUT2D eigenvalue weighted by Gasteiger charge is 2.37. The Balaban J connectivity index is 0.00000400. The van der Waals surface area contributed by atoms with Crippen molar-refractivity contribution < 1.29 is 4.79 Å². The van der Waals surface area contributed by atoms with Gasteiger partial charge in [0, 0.05) is 12.1 Å². The molecule has 0 aliphatic heterocycles. The monoisotopic (exact) mass is 337 g/mol. The minimum atomic E-state index is -0.373. The predicted octanol–water partition coefficient (Wildman–Crippen LogP) is 2.12. The van der Waals surface area contributed by atoms with E-state index in [9.17, 15) is 4.79 Å². The fraction of sp³-hybridized carbons (Fsp3) is 0.933. The molecule has 1 fully saturated rings. The molecule has 3 N–H and O–H groups in total. The fourth-order valence-electron chi connectivity index (χ4n) is 3.12. The Morgan fingerprint density at radius 1 is 1.52 bits per heavy atom. The summed E-state index contributed by atoms with van der Waals surface area (Å²) in [6, 6.07) is -0.373. The standard InChI is InChI=1S/C15H31N3OS.ClH/c1-12-6-5-8-15(10-12,18(2)3)11-17-14(19)13(16)7-9-20-4;/h12-13H,5-11,16H2,1-4H3,(H,17,19);1H/t12?,13-,15?;/m0./s1. The average Bonchev–Trinajstić information content (AvgIpc) is 2.41. The van der Waals surface area contributed by atoms with Crippen LogP contribution in [0.2, 0.25) is 0 Å². The molecule has 2 unspecified atom stereocenters. The van der Waals surface area contributed by atoms with Crippen molar-refractivity contribution in [1.82, 2.24) is 10.2 Å². The number of nitrogens with zero attached hydrogens (tertiary/aromatic N) is 1. The van der Waals surface area contributed by atoms with Crippen LogP contribution < -0.4 is 11.1 Å². The summed E-state index contributed by atoms with van der Waals surface area (Å²) in [5, 5.41) is 3.09. The molecule has 0 bridgehead atoms. The molecular weight excluding hydrogens is 306 g/mol. The second-order valence-corrected chi connectivity index (χ2v) is 7.41. The highest BCUT2D eigenvalue weighted by molar-refractivity contribution is 7.98. The lowest BCUT2D eigenvalue weighted by molar-refractivity contribution is -0.123. The van der Waals surface area contributed by atoms with Crippen molar-refractivity contribution in [2.45, 2.75) is 50.6 Å². The van der Waals surface area contributed by atoms with Gasteiger partial charge in [-0.05, 0) is 51.3 Å². The van der Waals surface area contributed by atoms with Gasteiger partial charge in [-0.2, -0.15) is 11.8 Å². The quantitative estimate of drug-likeness (QED) is 0.747. The van der Waals surface area contributed by atoms with Crippen LogP contribution in [0.1, 0.15) is 39.0 Å². The van der Waals surface area contributed by atoms with Crippen LogP contribution in [0.15, 0.2) is 0 Å². The van der Waals surface area contributed by atoms with Crippen LogP contribution in [0, 0.1) is 5.92 Å². The van der Waals surface area contributed by atoms with Crippen LogP contribution in [0.25, 0.3) is 0 Å². The predicted molar refractivity (Wildman–Crippen MR) is 95.3 cm³/mol. The number of hydrogen-bond donors (Lipinski definition) is 2. The van der Waals surface area contributed by atoms with Crippen LogP contribution in [0.3, 0.4) is 0 Å². The zero-order chi connectivity index (χ0) is 15.2. The molecule has 0 heterocycles. The van der Waals surface area contributed by atoms with Gasteiger partial charge in [0.2, 0.25) is 5.91 Å². The number of rotatable bonds is 7. The maximum atomic E-state index is 12.1. The summed E-state index contributed by atoms with van der Waals surface area (Å²) < 4.78 is 0. The van der Waals surface area contributed by atoms with E-state index in [2.05, 4.69) is 31.2 Å². The lowest BCUT2D eigenvalue weighted by Crippen LogP contribution is -2.56. The van der Waals surface area contributed by atoms with E-state index in [1.807, 2.05) is 6.26 Å². The molecule has 1 aliphatic carbocycles. The maximum absolute atomic E-state index is 12.1. The van der Waals surface area contributed by atoms with E-state index < -0.39 is 0 Å². The van der Waals surface area contributed by atoms with Gasteiger partial charge in [0.05, 0.1) is 6.04 Å². The molecule has 1 saturated carbocycles. The fourth-order valence-corrected chi connectivity index (χ4v) is 3.61. The molecule has 0 aromatic heterocycles. The van der Waals surface area contributed by atoms with E-state index >= 15 is 0 Å². The van der Waals surface area contributed by atoms with Gasteiger partial charge in [-0.3, -0.25) is 4.79 Å².